The summed E-state index contributed by atoms with van der Waals surface area (Å²) in [6.07, 6.45) is 4.76. The Morgan fingerprint density at radius 2 is 1.38 bits per heavy atom. The van der Waals surface area contributed by atoms with Gasteiger partial charge in [-0.05, 0) is 77.4 Å². The number of hydrazone groups is 2. The molecule has 18 nitrogen and oxygen atoms in total. The summed E-state index contributed by atoms with van der Waals surface area (Å²) in [5, 5.41) is 16.1. The molecule has 0 heterocycles. The number of azo groups is 1. The fourth-order valence-electron chi connectivity index (χ4n) is 5.48. The summed E-state index contributed by atoms with van der Waals surface area (Å²) in [5.74, 6) is -0.875. The predicted molar refractivity (Wildman–Crippen MR) is 205 cm³/mol. The second kappa shape index (κ2) is 18.7. The van der Waals surface area contributed by atoms with Crippen LogP contribution < -0.4 is 90.9 Å². The summed E-state index contributed by atoms with van der Waals surface area (Å²) in [4.78, 5) is 23.1. The second-order valence-corrected chi connectivity index (χ2v) is 14.4. The van der Waals surface area contributed by atoms with E-state index in [2.05, 4.69) is 31.3 Å². The number of rotatable bonds is 11. The number of hydrogen-bond acceptors (Lipinski definition) is 18. The summed E-state index contributed by atoms with van der Waals surface area (Å²) < 4.78 is 85.0. The van der Waals surface area contributed by atoms with Gasteiger partial charge in [0.15, 0.2) is 5.78 Å². The minimum Gasteiger partial charge on any atom is -0.744 e. The maximum absolute atomic E-state index is 13.7. The molecule has 0 bridgehead atoms. The van der Waals surface area contributed by atoms with Crippen molar-refractivity contribution in [1.29, 1.82) is 0 Å². The Hall–Kier alpha value is -5.00. The molecule has 0 aromatic heterocycles. The number of Topliss-reactive ketones (excluding diaryl/α,β-unsaturated/α-hetero) is 1. The number of ether oxygens (including phenoxy) is 2. The van der Waals surface area contributed by atoms with E-state index in [4.69, 9.17) is 20.9 Å². The Morgan fingerprint density at radius 3 is 2.00 bits per heavy atom. The van der Waals surface area contributed by atoms with E-state index in [-0.39, 0.29) is 82.0 Å². The summed E-state index contributed by atoms with van der Waals surface area (Å²) in [7, 11) is -7.94. The number of para-hydroxylation sites is 1. The van der Waals surface area contributed by atoms with Crippen molar-refractivity contribution < 1.29 is 104 Å². The van der Waals surface area contributed by atoms with E-state index in [1.807, 2.05) is 0 Å². The molecule has 6 rings (SSSR count). The van der Waals surface area contributed by atoms with Crippen molar-refractivity contribution >= 4 is 77.7 Å². The zero-order valence-corrected chi connectivity index (χ0v) is 36.7. The Bertz CT molecular complexity index is 2740. The number of nitrogen functional groups attached to an aromatic ring is 1. The molecule has 6 N–H and O–H groups in total. The van der Waals surface area contributed by atoms with E-state index in [1.165, 1.54) is 38.5 Å². The molecule has 0 radical (unpaired) electrons. The minimum absolute atomic E-state index is 0. The number of nitrogens with zero attached hydrogens (tertiary/aromatic N) is 4. The Kier molecular flexibility index (Phi) is 14.7. The van der Waals surface area contributed by atoms with Crippen LogP contribution in [0.25, 0.3) is 17.2 Å². The third-order valence-electron chi connectivity index (χ3n) is 8.17. The quantitative estimate of drug-likeness (QED) is 0.0337. The molecule has 0 amide bonds. The van der Waals surface area contributed by atoms with Gasteiger partial charge in [-0.25, -0.2) is 16.8 Å². The van der Waals surface area contributed by atoms with Crippen LogP contribution in [-0.2, 0) is 25.0 Å². The molecule has 0 aliphatic heterocycles. The van der Waals surface area contributed by atoms with Crippen molar-refractivity contribution in [1.82, 2.24) is 0 Å². The monoisotopic (exact) mass is 842 g/mol. The topological polar surface area (TPSA) is 293 Å². The SMILES string of the molecule is COc1cc(-c2ccc(NN=C3C=CC(=O)C=C3N)c(OC)c2)ccc1N=Nc1c(S(=O)(=O)[O-])cc2c(c1N)C(=O)C(=NNc1ccccc1)C(S(=O)(=O)[O-])=C2.[Na+].[Na+]. The molecule has 2 aliphatic rings. The number of fused-ring (bicyclic) bond motifs is 1. The van der Waals surface area contributed by atoms with Gasteiger partial charge in [-0.2, -0.15) is 10.2 Å². The first kappa shape index (κ1) is 45.7. The smallest absolute Gasteiger partial charge is 0.744 e. The van der Waals surface area contributed by atoms with E-state index >= 15 is 0 Å². The third-order valence-corrected chi connectivity index (χ3v) is 9.87. The number of hydrogen-bond donors (Lipinski definition) is 4. The number of allylic oxidation sites excluding steroid dienone is 4. The molecular formula is C36H28N8Na2O10S2. The normalized spacial score (nSPS) is 15.2. The van der Waals surface area contributed by atoms with Gasteiger partial charge >= 0.3 is 59.1 Å². The van der Waals surface area contributed by atoms with Crippen LogP contribution in [-0.4, -0.2) is 63.2 Å². The fraction of sp³-hybridized carbons (Fsp3) is 0.0556. The molecule has 2 aliphatic carbocycles. The average Bonchev–Trinajstić information content (AvgIpc) is 3.16. The maximum Gasteiger partial charge on any atom is 1.00 e. The van der Waals surface area contributed by atoms with Gasteiger partial charge in [0, 0.05) is 6.08 Å². The van der Waals surface area contributed by atoms with Crippen molar-refractivity contribution in [2.75, 3.05) is 30.8 Å². The number of nitrogens with two attached hydrogens (primary N) is 2. The molecule has 0 fully saturated rings. The number of carbonyl (C=O) groups excluding carboxylic acids is 2. The zero-order chi connectivity index (χ0) is 40.4. The maximum atomic E-state index is 13.7. The van der Waals surface area contributed by atoms with Gasteiger partial charge < -0.3 is 30.0 Å². The predicted octanol–water partition coefficient (Wildman–Crippen LogP) is -1.42. The summed E-state index contributed by atoms with van der Waals surface area (Å²) in [6, 6.07) is 18.6. The van der Waals surface area contributed by atoms with Crippen LogP contribution in [0.1, 0.15) is 15.9 Å². The average molecular weight is 843 g/mol. The molecule has 0 atom stereocenters. The zero-order valence-electron chi connectivity index (χ0n) is 31.1. The van der Waals surface area contributed by atoms with Gasteiger partial charge in [0.2, 0.25) is 5.78 Å². The van der Waals surface area contributed by atoms with Crippen LogP contribution in [0.15, 0.2) is 127 Å². The first-order chi connectivity index (χ1) is 26.6. The van der Waals surface area contributed by atoms with Crippen LogP contribution in [0.5, 0.6) is 11.5 Å². The molecular weight excluding hydrogens is 815 g/mol. The van der Waals surface area contributed by atoms with Crippen molar-refractivity contribution in [2.45, 2.75) is 4.90 Å². The number of benzene rings is 4. The fourth-order valence-corrected chi connectivity index (χ4v) is 6.79. The number of methoxy groups -OCH3 is 2. The molecule has 22 heteroatoms. The van der Waals surface area contributed by atoms with Gasteiger partial charge in [-0.1, -0.05) is 30.3 Å². The second-order valence-electron chi connectivity index (χ2n) is 11.7. The number of anilines is 3. The van der Waals surface area contributed by atoms with E-state index in [9.17, 15) is 35.5 Å². The molecule has 4 aromatic carbocycles. The van der Waals surface area contributed by atoms with Gasteiger partial charge in [-0.3, -0.25) is 20.4 Å². The molecule has 58 heavy (non-hydrogen) atoms. The number of nitrogens with one attached hydrogen (secondary N) is 2. The van der Waals surface area contributed by atoms with Crippen LogP contribution in [0.3, 0.4) is 0 Å². The van der Waals surface area contributed by atoms with Crippen molar-refractivity contribution in [3.05, 3.63) is 113 Å². The number of carbonyl (C=O) groups is 2. The van der Waals surface area contributed by atoms with Crippen LogP contribution in [0, 0.1) is 0 Å². The Morgan fingerprint density at radius 1 is 0.724 bits per heavy atom. The van der Waals surface area contributed by atoms with E-state index in [1.54, 1.807) is 60.7 Å². The Labute approximate surface area is 375 Å². The van der Waals surface area contributed by atoms with Crippen molar-refractivity contribution in [3.8, 4) is 22.6 Å². The summed E-state index contributed by atoms with van der Waals surface area (Å²) in [5.41, 5.74) is 17.1. The largest absolute Gasteiger partial charge is 1.00 e. The summed E-state index contributed by atoms with van der Waals surface area (Å²) >= 11 is 0. The van der Waals surface area contributed by atoms with Crippen molar-refractivity contribution in [3.63, 3.8) is 0 Å². The van der Waals surface area contributed by atoms with Crippen molar-refractivity contribution in [2.24, 2.45) is 26.2 Å². The standard InChI is InChI=1S/C36H30N8O10S2.2Na/c1-53-28-14-19(8-11-26(28)41-40-25-13-10-23(45)18-24(25)37)20-9-12-27(29(15-20)54-2)42-43-34-30(55(47,48)49)16-21-17-31(56(50,51)52)35(36(46)32(21)33(34)38)44-39-22-6-4-3-5-7-22;;/h3-18,39,41H,37-38H2,1-2H3,(H,47,48,49)(H,50,51,52);;/q;2*+1/p-2. The van der Waals surface area contributed by atoms with Gasteiger partial charge in [-0.15, -0.1) is 10.2 Å². The van der Waals surface area contributed by atoms with E-state index in [0.29, 0.717) is 46.1 Å². The molecule has 0 unspecified atom stereocenters. The van der Waals surface area contributed by atoms with E-state index in [0.717, 1.165) is 0 Å². The van der Waals surface area contributed by atoms with E-state index < -0.39 is 64.0 Å². The molecule has 4 aromatic rings. The number of ketones is 2. The molecule has 0 saturated carbocycles. The van der Waals surface area contributed by atoms with Crippen LogP contribution in [0.2, 0.25) is 0 Å². The summed E-state index contributed by atoms with van der Waals surface area (Å²) in [6.45, 7) is 0. The van der Waals surface area contributed by atoms with Gasteiger partial charge in [0.05, 0.1) is 52.3 Å². The molecule has 0 saturated heterocycles. The van der Waals surface area contributed by atoms with Gasteiger partial charge in [0.25, 0.3) is 0 Å². The van der Waals surface area contributed by atoms with Gasteiger partial charge in [0.1, 0.15) is 54.5 Å². The molecule has 0 spiro atoms. The minimum atomic E-state index is -5.38. The first-order valence-corrected chi connectivity index (χ1v) is 18.8. The molecule has 286 valence electrons. The van der Waals surface area contributed by atoms with Crippen LogP contribution >= 0.6 is 0 Å². The third kappa shape index (κ3) is 9.99. The van der Waals surface area contributed by atoms with Crippen LogP contribution in [0.4, 0.5) is 28.4 Å². The first-order valence-electron chi connectivity index (χ1n) is 15.9. The Balaban J connectivity index is 0.00000372.